The van der Waals surface area contributed by atoms with Gasteiger partial charge >= 0.3 is 12.2 Å². The summed E-state index contributed by atoms with van der Waals surface area (Å²) in [7, 11) is -1.91. The number of amides is 2. The van der Waals surface area contributed by atoms with E-state index in [1.807, 2.05) is 6.07 Å². The summed E-state index contributed by atoms with van der Waals surface area (Å²) in [5.41, 5.74) is 0.0111. The molecule has 1 aliphatic heterocycles. The number of hydrogen-bond donors (Lipinski definition) is 0. The highest BCUT2D eigenvalue weighted by Crippen LogP contribution is 2.45. The topological polar surface area (TPSA) is 94.4 Å². The van der Waals surface area contributed by atoms with Gasteiger partial charge in [0.15, 0.2) is 5.78 Å². The van der Waals surface area contributed by atoms with Gasteiger partial charge in [0.1, 0.15) is 22.7 Å². The van der Waals surface area contributed by atoms with Gasteiger partial charge in [-0.2, -0.15) is 18.4 Å². The summed E-state index contributed by atoms with van der Waals surface area (Å²) in [4.78, 5) is 30.6. The maximum Gasteiger partial charge on any atom is 0.433 e. The molecule has 2 atom stereocenters. The Morgan fingerprint density at radius 3 is 2.44 bits per heavy atom. The molecule has 1 aromatic carbocycles. The van der Waals surface area contributed by atoms with Crippen LogP contribution in [0.5, 0.6) is 0 Å². The lowest BCUT2D eigenvalue weighted by Crippen LogP contribution is -2.50. The second-order valence-electron chi connectivity index (χ2n) is 7.18. The van der Waals surface area contributed by atoms with Gasteiger partial charge in [-0.15, -0.1) is 0 Å². The number of halogens is 3. The molecule has 0 N–H and O–H groups in total. The van der Waals surface area contributed by atoms with Gasteiger partial charge in [0, 0.05) is 30.1 Å². The molecule has 2 aromatic rings. The number of Topliss-reactive ketones (excluding diaryl/α,β-unsaturated/α-hetero) is 1. The number of carbonyl (C=O) groups excluding carboxylic acids is 2. The standard InChI is InChI=1S/C21H15F3N4O3S/c1-32(31)28-19(13-4-2-12(11-25)3-5-13)18-15(6-7-16(18)29)27(20(28)30)14-8-9-26-17(10-14)21(22,23)24/h2-5,8-10,19H,6-7H2,1H3. The number of allylic oxidation sites excluding steroid dienone is 1. The van der Waals surface area contributed by atoms with E-state index >= 15 is 0 Å². The molecule has 1 aliphatic carbocycles. The third-order valence-corrected chi connectivity index (χ3v) is 6.20. The molecule has 4 rings (SSSR count). The van der Waals surface area contributed by atoms with E-state index < -0.39 is 34.9 Å². The molecule has 164 valence electrons. The Hall–Kier alpha value is -3.52. The number of urea groups is 1. The van der Waals surface area contributed by atoms with Gasteiger partial charge < -0.3 is 0 Å². The number of alkyl halides is 3. The van der Waals surface area contributed by atoms with Crippen molar-refractivity contribution in [2.24, 2.45) is 0 Å². The predicted octanol–water partition coefficient (Wildman–Crippen LogP) is 3.87. The van der Waals surface area contributed by atoms with Crippen LogP contribution in [0.1, 0.15) is 35.7 Å². The number of benzene rings is 1. The third kappa shape index (κ3) is 3.56. The minimum atomic E-state index is -4.73. The van der Waals surface area contributed by atoms with Crippen LogP contribution in [0.4, 0.5) is 23.7 Å². The zero-order chi connectivity index (χ0) is 23.2. The smallest absolute Gasteiger partial charge is 0.294 e. The minimum Gasteiger partial charge on any atom is -0.294 e. The van der Waals surface area contributed by atoms with Crippen LogP contribution >= 0.6 is 0 Å². The lowest BCUT2D eigenvalue weighted by molar-refractivity contribution is -0.141. The van der Waals surface area contributed by atoms with E-state index in [0.29, 0.717) is 11.1 Å². The van der Waals surface area contributed by atoms with Crippen molar-refractivity contribution in [1.82, 2.24) is 9.29 Å². The fourth-order valence-electron chi connectivity index (χ4n) is 3.93. The maximum atomic E-state index is 13.4. The summed E-state index contributed by atoms with van der Waals surface area (Å²) in [5.74, 6) is -0.285. The monoisotopic (exact) mass is 460 g/mol. The second-order valence-corrected chi connectivity index (χ2v) is 8.43. The summed E-state index contributed by atoms with van der Waals surface area (Å²) >= 11 is 0. The lowest BCUT2D eigenvalue weighted by atomic mass is 9.94. The van der Waals surface area contributed by atoms with Crippen LogP contribution in [-0.4, -0.2) is 31.6 Å². The van der Waals surface area contributed by atoms with Crippen molar-refractivity contribution in [2.45, 2.75) is 25.1 Å². The van der Waals surface area contributed by atoms with Crippen LogP contribution in [0.2, 0.25) is 0 Å². The number of rotatable bonds is 3. The van der Waals surface area contributed by atoms with Crippen LogP contribution < -0.4 is 4.90 Å². The highest BCUT2D eigenvalue weighted by Gasteiger charge is 2.47. The van der Waals surface area contributed by atoms with Crippen LogP contribution in [0.3, 0.4) is 0 Å². The summed E-state index contributed by atoms with van der Waals surface area (Å²) < 4.78 is 53.2. The van der Waals surface area contributed by atoms with Crippen molar-refractivity contribution in [3.05, 3.63) is 70.7 Å². The van der Waals surface area contributed by atoms with Crippen LogP contribution in [0.25, 0.3) is 0 Å². The molecule has 0 fully saturated rings. The first-order chi connectivity index (χ1) is 15.1. The number of nitrogens with zero attached hydrogens (tertiary/aromatic N) is 4. The molecule has 2 heterocycles. The molecule has 11 heteroatoms. The van der Waals surface area contributed by atoms with Crippen molar-refractivity contribution >= 4 is 28.5 Å². The molecule has 0 bridgehead atoms. The van der Waals surface area contributed by atoms with E-state index in [9.17, 15) is 27.0 Å². The van der Waals surface area contributed by atoms with Crippen LogP contribution in [0, 0.1) is 11.3 Å². The van der Waals surface area contributed by atoms with Crippen LogP contribution in [-0.2, 0) is 22.0 Å². The largest absolute Gasteiger partial charge is 0.433 e. The fourth-order valence-corrected chi connectivity index (χ4v) is 4.75. The molecule has 0 radical (unpaired) electrons. The average Bonchev–Trinajstić information content (AvgIpc) is 3.13. The Kier molecular flexibility index (Phi) is 5.34. The Morgan fingerprint density at radius 1 is 1.16 bits per heavy atom. The number of pyridine rings is 1. The Balaban J connectivity index is 1.92. The Bertz CT molecular complexity index is 1220. The molecular weight excluding hydrogens is 445 g/mol. The van der Waals surface area contributed by atoms with Gasteiger partial charge in [0.2, 0.25) is 0 Å². The number of ketones is 1. The van der Waals surface area contributed by atoms with E-state index in [2.05, 4.69) is 4.98 Å². The average molecular weight is 460 g/mol. The van der Waals surface area contributed by atoms with Gasteiger partial charge in [-0.05, 0) is 36.2 Å². The van der Waals surface area contributed by atoms with Gasteiger partial charge in [0.25, 0.3) is 0 Å². The van der Waals surface area contributed by atoms with E-state index in [0.717, 1.165) is 21.5 Å². The third-order valence-electron chi connectivity index (χ3n) is 5.28. The Morgan fingerprint density at radius 2 is 1.84 bits per heavy atom. The van der Waals surface area contributed by atoms with Crippen molar-refractivity contribution in [1.29, 1.82) is 5.26 Å². The molecule has 2 amide bonds. The molecule has 0 saturated heterocycles. The van der Waals surface area contributed by atoms with Gasteiger partial charge in [0.05, 0.1) is 17.3 Å². The summed E-state index contributed by atoms with van der Waals surface area (Å²) in [6, 6.07) is 8.31. The van der Waals surface area contributed by atoms with Gasteiger partial charge in [-0.25, -0.2) is 13.3 Å². The van der Waals surface area contributed by atoms with Crippen molar-refractivity contribution < 1.29 is 27.0 Å². The summed E-state index contributed by atoms with van der Waals surface area (Å²) in [6.07, 6.45) is -2.31. The Labute approximate surface area is 183 Å². The van der Waals surface area contributed by atoms with Crippen molar-refractivity contribution in [3.8, 4) is 6.07 Å². The van der Waals surface area contributed by atoms with Crippen molar-refractivity contribution in [3.63, 3.8) is 0 Å². The summed E-state index contributed by atoms with van der Waals surface area (Å²) in [6.45, 7) is 0. The molecule has 1 aromatic heterocycles. The first kappa shape index (κ1) is 21.7. The highest BCUT2D eigenvalue weighted by molar-refractivity contribution is 7.82. The molecule has 2 aliphatic rings. The molecule has 7 nitrogen and oxygen atoms in total. The first-order valence-corrected chi connectivity index (χ1v) is 10.9. The molecule has 0 spiro atoms. The molecule has 32 heavy (non-hydrogen) atoms. The van der Waals surface area contributed by atoms with Crippen LogP contribution in [0.15, 0.2) is 53.9 Å². The van der Waals surface area contributed by atoms with Gasteiger partial charge in [-0.3, -0.25) is 14.7 Å². The quantitative estimate of drug-likeness (QED) is 0.693. The first-order valence-electron chi connectivity index (χ1n) is 9.40. The minimum absolute atomic E-state index is 0.0721. The van der Waals surface area contributed by atoms with Crippen molar-refractivity contribution in [2.75, 3.05) is 11.2 Å². The van der Waals surface area contributed by atoms with E-state index in [-0.39, 0.29) is 35.6 Å². The van der Waals surface area contributed by atoms with E-state index in [4.69, 9.17) is 5.26 Å². The predicted molar refractivity (Wildman–Crippen MR) is 108 cm³/mol. The zero-order valence-electron chi connectivity index (χ0n) is 16.6. The number of nitriles is 1. The number of anilines is 1. The van der Waals surface area contributed by atoms with Gasteiger partial charge in [-0.1, -0.05) is 12.1 Å². The SMILES string of the molecule is CS(=O)N1C(=O)N(c2ccnc(C(F)(F)F)c2)C2=C(C(=O)CC2)C1c1ccc(C#N)cc1. The maximum absolute atomic E-state index is 13.4. The summed E-state index contributed by atoms with van der Waals surface area (Å²) in [5, 5.41) is 9.04. The zero-order valence-corrected chi connectivity index (χ0v) is 17.4. The molecular formula is C21H15F3N4O3S. The number of hydrogen-bond acceptors (Lipinski definition) is 5. The highest BCUT2D eigenvalue weighted by atomic mass is 32.2. The molecule has 0 saturated carbocycles. The number of carbonyl (C=O) groups is 2. The second kappa shape index (κ2) is 7.87. The normalized spacial score (nSPS) is 19.8. The lowest BCUT2D eigenvalue weighted by Gasteiger charge is -2.40. The van der Waals surface area contributed by atoms with E-state index in [1.165, 1.54) is 24.5 Å². The fraction of sp³-hybridized carbons (Fsp3) is 0.238. The number of aromatic nitrogens is 1. The molecule has 2 unspecified atom stereocenters. The van der Waals surface area contributed by atoms with E-state index in [1.54, 1.807) is 12.1 Å².